The summed E-state index contributed by atoms with van der Waals surface area (Å²) in [4.78, 5) is 21.9. The highest BCUT2D eigenvalue weighted by molar-refractivity contribution is 7.98. The predicted molar refractivity (Wildman–Crippen MR) is 118 cm³/mol. The number of imidazole rings is 1. The van der Waals surface area contributed by atoms with Crippen molar-refractivity contribution in [1.29, 1.82) is 0 Å². The molecule has 4 rings (SSSR count). The van der Waals surface area contributed by atoms with Crippen molar-refractivity contribution in [2.75, 3.05) is 39.0 Å². The van der Waals surface area contributed by atoms with Crippen molar-refractivity contribution in [2.45, 2.75) is 11.6 Å². The molecule has 0 unspecified atom stereocenters. The number of piperazine rings is 1. The van der Waals surface area contributed by atoms with Crippen molar-refractivity contribution in [3.63, 3.8) is 0 Å². The van der Waals surface area contributed by atoms with Crippen LogP contribution in [-0.4, -0.2) is 64.2 Å². The SMILES string of the molecule is CSc1ncc(C(=O)N2CCN(CCc3ccccc3)CC2)n1-c1ccc(F)cc1. The number of carbonyl (C=O) groups is 1. The topological polar surface area (TPSA) is 41.4 Å². The van der Waals surface area contributed by atoms with Gasteiger partial charge < -0.3 is 4.90 Å². The number of rotatable bonds is 6. The highest BCUT2D eigenvalue weighted by Gasteiger charge is 2.26. The molecule has 1 aliphatic heterocycles. The Kier molecular flexibility index (Phi) is 6.50. The van der Waals surface area contributed by atoms with Crippen LogP contribution in [0.15, 0.2) is 66.0 Å². The number of aromatic nitrogens is 2. The first-order valence-electron chi connectivity index (χ1n) is 10.1. The minimum absolute atomic E-state index is 0.0326. The van der Waals surface area contributed by atoms with E-state index in [9.17, 15) is 9.18 Å². The second-order valence-electron chi connectivity index (χ2n) is 7.31. The molecular formula is C23H25FN4OS. The van der Waals surface area contributed by atoms with Crippen molar-refractivity contribution in [3.8, 4) is 5.69 Å². The Morgan fingerprint density at radius 2 is 1.73 bits per heavy atom. The Balaban J connectivity index is 1.42. The van der Waals surface area contributed by atoms with Crippen LogP contribution in [0.3, 0.4) is 0 Å². The van der Waals surface area contributed by atoms with E-state index in [1.54, 1.807) is 18.3 Å². The molecule has 0 aliphatic carbocycles. The summed E-state index contributed by atoms with van der Waals surface area (Å²) >= 11 is 1.46. The van der Waals surface area contributed by atoms with Crippen molar-refractivity contribution >= 4 is 17.7 Å². The number of halogens is 1. The maximum Gasteiger partial charge on any atom is 0.272 e. The van der Waals surface area contributed by atoms with E-state index in [4.69, 9.17) is 0 Å². The standard InChI is InChI=1S/C23H25FN4OS/c1-30-23-25-17-21(28(23)20-9-7-19(24)8-10-20)22(29)27-15-13-26(14-16-27)12-11-18-5-3-2-4-6-18/h2-10,17H,11-16H2,1H3. The first-order valence-corrected chi connectivity index (χ1v) is 11.3. The van der Waals surface area contributed by atoms with Gasteiger partial charge in [0.15, 0.2) is 5.16 Å². The van der Waals surface area contributed by atoms with E-state index in [0.717, 1.165) is 31.7 Å². The number of carbonyl (C=O) groups excluding carboxylic acids is 1. The van der Waals surface area contributed by atoms with Crippen molar-refractivity contribution in [3.05, 3.63) is 77.9 Å². The van der Waals surface area contributed by atoms with Crippen LogP contribution in [-0.2, 0) is 6.42 Å². The van der Waals surface area contributed by atoms with Crippen molar-refractivity contribution in [1.82, 2.24) is 19.4 Å². The summed E-state index contributed by atoms with van der Waals surface area (Å²) in [5.41, 5.74) is 2.59. The van der Waals surface area contributed by atoms with E-state index < -0.39 is 0 Å². The molecule has 1 aromatic heterocycles. The number of amides is 1. The van der Waals surface area contributed by atoms with E-state index in [1.807, 2.05) is 21.8 Å². The molecule has 0 bridgehead atoms. The van der Waals surface area contributed by atoms with Gasteiger partial charge in [-0.15, -0.1) is 0 Å². The van der Waals surface area contributed by atoms with Crippen LogP contribution >= 0.6 is 11.8 Å². The summed E-state index contributed by atoms with van der Waals surface area (Å²) in [6.07, 6.45) is 4.56. The van der Waals surface area contributed by atoms with Gasteiger partial charge in [0.1, 0.15) is 11.5 Å². The molecule has 0 spiro atoms. The van der Waals surface area contributed by atoms with Gasteiger partial charge in [-0.25, -0.2) is 9.37 Å². The van der Waals surface area contributed by atoms with Crippen LogP contribution in [0.2, 0.25) is 0 Å². The second kappa shape index (κ2) is 9.45. The molecular weight excluding hydrogens is 399 g/mol. The second-order valence-corrected chi connectivity index (χ2v) is 8.08. The Bertz CT molecular complexity index is 982. The Morgan fingerprint density at radius 1 is 1.03 bits per heavy atom. The van der Waals surface area contributed by atoms with Crippen LogP contribution in [0, 0.1) is 5.82 Å². The lowest BCUT2D eigenvalue weighted by molar-refractivity contribution is 0.0630. The van der Waals surface area contributed by atoms with Gasteiger partial charge in [0.25, 0.3) is 5.91 Å². The Labute approximate surface area is 180 Å². The normalized spacial score (nSPS) is 14.8. The van der Waals surface area contributed by atoms with Crippen LogP contribution in [0.5, 0.6) is 0 Å². The summed E-state index contributed by atoms with van der Waals surface area (Å²) in [6, 6.07) is 16.6. The highest BCUT2D eigenvalue weighted by Crippen LogP contribution is 2.23. The summed E-state index contributed by atoms with van der Waals surface area (Å²) in [7, 11) is 0. The minimum Gasteiger partial charge on any atom is -0.335 e. The average Bonchev–Trinajstić information content (AvgIpc) is 3.23. The molecule has 1 saturated heterocycles. The first kappa shape index (κ1) is 20.6. The zero-order valence-electron chi connectivity index (χ0n) is 17.0. The van der Waals surface area contributed by atoms with E-state index in [1.165, 1.54) is 29.5 Å². The molecule has 2 heterocycles. The van der Waals surface area contributed by atoms with Gasteiger partial charge in [0.2, 0.25) is 0 Å². The molecule has 1 amide bonds. The number of thioether (sulfide) groups is 1. The minimum atomic E-state index is -0.302. The monoisotopic (exact) mass is 424 g/mol. The van der Waals surface area contributed by atoms with E-state index in [2.05, 4.69) is 34.1 Å². The van der Waals surface area contributed by atoms with Crippen LogP contribution in [0.25, 0.3) is 5.69 Å². The highest BCUT2D eigenvalue weighted by atomic mass is 32.2. The van der Waals surface area contributed by atoms with E-state index in [0.29, 0.717) is 23.9 Å². The van der Waals surface area contributed by atoms with Crippen molar-refractivity contribution in [2.24, 2.45) is 0 Å². The Morgan fingerprint density at radius 3 is 2.40 bits per heavy atom. The number of benzene rings is 2. The molecule has 2 aromatic carbocycles. The summed E-state index contributed by atoms with van der Waals surface area (Å²) in [6.45, 7) is 4.10. The molecule has 3 aromatic rings. The lowest BCUT2D eigenvalue weighted by Crippen LogP contribution is -2.49. The largest absolute Gasteiger partial charge is 0.335 e. The van der Waals surface area contributed by atoms with E-state index in [-0.39, 0.29) is 11.7 Å². The van der Waals surface area contributed by atoms with Crippen molar-refractivity contribution < 1.29 is 9.18 Å². The smallest absolute Gasteiger partial charge is 0.272 e. The molecule has 5 nitrogen and oxygen atoms in total. The molecule has 156 valence electrons. The zero-order chi connectivity index (χ0) is 20.9. The average molecular weight is 425 g/mol. The predicted octanol–water partition coefficient (Wildman–Crippen LogP) is 3.73. The number of nitrogens with zero attached hydrogens (tertiary/aromatic N) is 4. The fraction of sp³-hybridized carbons (Fsp3) is 0.304. The van der Waals surface area contributed by atoms with Gasteiger partial charge in [-0.3, -0.25) is 14.3 Å². The third-order valence-corrected chi connectivity index (χ3v) is 6.09. The third-order valence-electron chi connectivity index (χ3n) is 5.44. The fourth-order valence-electron chi connectivity index (χ4n) is 3.74. The quantitative estimate of drug-likeness (QED) is 0.566. The van der Waals surface area contributed by atoms with Crippen LogP contribution < -0.4 is 0 Å². The molecule has 7 heteroatoms. The number of hydrogen-bond acceptors (Lipinski definition) is 4. The van der Waals surface area contributed by atoms with Gasteiger partial charge in [0, 0.05) is 38.4 Å². The molecule has 0 N–H and O–H groups in total. The maximum absolute atomic E-state index is 13.4. The van der Waals surface area contributed by atoms with Gasteiger partial charge in [0.05, 0.1) is 6.20 Å². The van der Waals surface area contributed by atoms with Gasteiger partial charge in [-0.2, -0.15) is 0 Å². The Hall–Kier alpha value is -2.64. The molecule has 0 saturated carbocycles. The summed E-state index contributed by atoms with van der Waals surface area (Å²) in [5.74, 6) is -0.334. The van der Waals surface area contributed by atoms with Crippen LogP contribution in [0.1, 0.15) is 16.1 Å². The van der Waals surface area contributed by atoms with Gasteiger partial charge in [-0.05, 0) is 42.5 Å². The fourth-order valence-corrected chi connectivity index (χ4v) is 4.28. The molecule has 30 heavy (non-hydrogen) atoms. The first-order chi connectivity index (χ1) is 14.7. The molecule has 1 aliphatic rings. The lowest BCUT2D eigenvalue weighted by atomic mass is 10.1. The van der Waals surface area contributed by atoms with E-state index >= 15 is 0 Å². The number of hydrogen-bond donors (Lipinski definition) is 0. The lowest BCUT2D eigenvalue weighted by Gasteiger charge is -2.34. The van der Waals surface area contributed by atoms with Gasteiger partial charge >= 0.3 is 0 Å². The van der Waals surface area contributed by atoms with Gasteiger partial charge in [-0.1, -0.05) is 42.1 Å². The molecule has 0 atom stereocenters. The summed E-state index contributed by atoms with van der Waals surface area (Å²) in [5, 5.41) is 0.714. The summed E-state index contributed by atoms with van der Waals surface area (Å²) < 4.78 is 15.2. The zero-order valence-corrected chi connectivity index (χ0v) is 17.8. The third kappa shape index (κ3) is 4.57. The van der Waals surface area contributed by atoms with Crippen LogP contribution in [0.4, 0.5) is 4.39 Å². The maximum atomic E-state index is 13.4. The molecule has 1 fully saturated rings. The molecule has 0 radical (unpaired) electrons.